The van der Waals surface area contributed by atoms with Gasteiger partial charge in [-0.2, -0.15) is 13.2 Å². The number of halogens is 8. The number of thiocarbonyl (C=S) groups is 1. The first-order valence-corrected chi connectivity index (χ1v) is 11.8. The van der Waals surface area contributed by atoms with Crippen LogP contribution in [0.15, 0.2) is 36.4 Å². The van der Waals surface area contributed by atoms with E-state index in [1.165, 1.54) is 24.3 Å². The zero-order chi connectivity index (χ0) is 26.1. The van der Waals surface area contributed by atoms with Crippen molar-refractivity contribution in [1.29, 1.82) is 0 Å². The van der Waals surface area contributed by atoms with Gasteiger partial charge in [-0.25, -0.2) is 0 Å². The van der Waals surface area contributed by atoms with Crippen LogP contribution in [0.1, 0.15) is 21.8 Å². The fourth-order valence-corrected chi connectivity index (χ4v) is 4.92. The highest BCUT2D eigenvalue weighted by Crippen LogP contribution is 2.65. The van der Waals surface area contributed by atoms with Crippen LogP contribution in [0.5, 0.6) is 0 Å². The van der Waals surface area contributed by atoms with Gasteiger partial charge in [0, 0.05) is 21.7 Å². The maximum Gasteiger partial charge on any atom is 0.405 e. The van der Waals surface area contributed by atoms with E-state index in [1.54, 1.807) is 12.1 Å². The van der Waals surface area contributed by atoms with Crippen molar-refractivity contribution in [2.75, 3.05) is 11.9 Å². The Labute approximate surface area is 227 Å². The Balaban J connectivity index is 1.66. The van der Waals surface area contributed by atoms with E-state index in [2.05, 4.69) is 28.4 Å². The molecule has 2 aromatic rings. The zero-order valence-corrected chi connectivity index (χ0v) is 21.7. The minimum absolute atomic E-state index is 0.0124. The van der Waals surface area contributed by atoms with Crippen molar-refractivity contribution in [2.24, 2.45) is 5.92 Å². The van der Waals surface area contributed by atoms with Crippen molar-refractivity contribution in [1.82, 2.24) is 16.2 Å². The Morgan fingerprint density at radius 3 is 2.23 bits per heavy atom. The SMILES string of the molecule is O=C(NNC(=S)NCC(F)(F)F)c1cc(NC(=O)[C@H]2[C@H](c3cc(Cl)cc(Cl)c3)C2(Cl)Cl)ccc1Cl. The highest BCUT2D eigenvalue weighted by molar-refractivity contribution is 7.80. The van der Waals surface area contributed by atoms with E-state index in [9.17, 15) is 22.8 Å². The second kappa shape index (κ2) is 10.7. The number of hydrazine groups is 1. The fourth-order valence-electron chi connectivity index (χ4n) is 3.23. The number of anilines is 1. The quantitative estimate of drug-likeness (QED) is 0.195. The van der Waals surface area contributed by atoms with Crippen LogP contribution in [-0.4, -0.2) is 34.0 Å². The van der Waals surface area contributed by atoms with Crippen LogP contribution in [0.4, 0.5) is 18.9 Å². The molecule has 6 nitrogen and oxygen atoms in total. The molecule has 0 unspecified atom stereocenters. The molecule has 0 saturated heterocycles. The number of alkyl halides is 5. The van der Waals surface area contributed by atoms with E-state index < -0.39 is 45.8 Å². The summed E-state index contributed by atoms with van der Waals surface area (Å²) in [5.41, 5.74) is 4.94. The monoisotopic (exact) mass is 606 g/mol. The number of rotatable bonds is 5. The van der Waals surface area contributed by atoms with Crippen LogP contribution in [0.25, 0.3) is 0 Å². The smallest absolute Gasteiger partial charge is 0.352 e. The maximum absolute atomic E-state index is 12.9. The highest BCUT2D eigenvalue weighted by atomic mass is 35.5. The van der Waals surface area contributed by atoms with Gasteiger partial charge in [0.25, 0.3) is 5.91 Å². The van der Waals surface area contributed by atoms with Gasteiger partial charge >= 0.3 is 6.18 Å². The van der Waals surface area contributed by atoms with Crippen molar-refractivity contribution in [2.45, 2.75) is 16.4 Å². The maximum atomic E-state index is 12.9. The second-order valence-corrected chi connectivity index (χ2v) is 10.5. The van der Waals surface area contributed by atoms with E-state index in [4.69, 9.17) is 58.0 Å². The molecule has 2 aromatic carbocycles. The summed E-state index contributed by atoms with van der Waals surface area (Å²) in [5, 5.41) is 4.77. The molecular formula is C20H14Cl5F3N4O2S. The number of carbonyl (C=O) groups is 2. The number of carbonyl (C=O) groups excluding carboxylic acids is 2. The van der Waals surface area contributed by atoms with E-state index in [1.807, 2.05) is 5.32 Å². The number of hydrogen-bond donors (Lipinski definition) is 4. The van der Waals surface area contributed by atoms with Crippen molar-refractivity contribution in [3.05, 3.63) is 62.6 Å². The predicted octanol–water partition coefficient (Wildman–Crippen LogP) is 5.84. The topological polar surface area (TPSA) is 82.3 Å². The summed E-state index contributed by atoms with van der Waals surface area (Å²) in [6, 6.07) is 8.80. The van der Waals surface area contributed by atoms with Gasteiger partial charge in [-0.1, -0.05) is 34.8 Å². The molecule has 188 valence electrons. The first-order valence-electron chi connectivity index (χ1n) is 9.54. The minimum atomic E-state index is -4.49. The standard InChI is InChI=1S/C20H14Cl5F3N4O2S/c21-9-3-8(4-10(22)5-9)14-15(20(14,24)25)17(34)30-11-1-2-13(23)12(6-11)16(33)31-32-18(35)29-7-19(26,27)28/h1-6,14-15H,7H2,(H,30,34)(H,31,33)(H2,29,32,35)/t14-,15+/m0/s1. The van der Waals surface area contributed by atoms with Crippen molar-refractivity contribution >= 4 is 92.8 Å². The van der Waals surface area contributed by atoms with Crippen LogP contribution in [0.3, 0.4) is 0 Å². The molecule has 15 heteroatoms. The largest absolute Gasteiger partial charge is 0.405 e. The number of hydrogen-bond acceptors (Lipinski definition) is 3. The third kappa shape index (κ3) is 7.18. The summed E-state index contributed by atoms with van der Waals surface area (Å²) in [6.45, 7) is -1.39. The molecule has 1 aliphatic carbocycles. The number of nitrogens with one attached hydrogen (secondary N) is 4. The van der Waals surface area contributed by atoms with Crippen LogP contribution < -0.4 is 21.5 Å². The zero-order valence-electron chi connectivity index (χ0n) is 17.1. The summed E-state index contributed by atoms with van der Waals surface area (Å²) in [5.74, 6) is -2.76. The molecule has 0 aromatic heterocycles. The average molecular weight is 609 g/mol. The third-order valence-corrected chi connectivity index (χ3v) is 6.75. The highest BCUT2D eigenvalue weighted by Gasteiger charge is 2.67. The number of benzene rings is 2. The second-order valence-electron chi connectivity index (χ2n) is 7.39. The van der Waals surface area contributed by atoms with E-state index >= 15 is 0 Å². The van der Waals surface area contributed by atoms with Gasteiger partial charge in [0.2, 0.25) is 5.91 Å². The van der Waals surface area contributed by atoms with Gasteiger partial charge in [-0.05, 0) is 54.2 Å². The van der Waals surface area contributed by atoms with Gasteiger partial charge in [0.05, 0.1) is 16.5 Å². The lowest BCUT2D eigenvalue weighted by Gasteiger charge is -2.14. The summed E-state index contributed by atoms with van der Waals surface area (Å²) >= 11 is 35.5. The predicted molar refractivity (Wildman–Crippen MR) is 134 cm³/mol. The van der Waals surface area contributed by atoms with Gasteiger partial charge in [-0.15, -0.1) is 23.2 Å². The van der Waals surface area contributed by atoms with Gasteiger partial charge in [0.1, 0.15) is 10.9 Å². The Hall–Kier alpha value is -1.69. The van der Waals surface area contributed by atoms with Crippen molar-refractivity contribution in [3.63, 3.8) is 0 Å². The first kappa shape index (κ1) is 27.9. The lowest BCUT2D eigenvalue weighted by atomic mass is 10.1. The molecule has 0 radical (unpaired) electrons. The van der Waals surface area contributed by atoms with E-state index in [0.29, 0.717) is 15.6 Å². The summed E-state index contributed by atoms with van der Waals surface area (Å²) in [4.78, 5) is 25.3. The first-order chi connectivity index (χ1) is 16.2. The molecule has 4 N–H and O–H groups in total. The lowest BCUT2D eigenvalue weighted by molar-refractivity contribution is -0.122. The van der Waals surface area contributed by atoms with Crippen LogP contribution in [0.2, 0.25) is 15.1 Å². The summed E-state index contributed by atoms with van der Waals surface area (Å²) in [7, 11) is 0. The summed E-state index contributed by atoms with van der Waals surface area (Å²) in [6.07, 6.45) is -4.49. The fraction of sp³-hybridized carbons (Fsp3) is 0.250. The molecule has 0 spiro atoms. The molecule has 1 saturated carbocycles. The van der Waals surface area contributed by atoms with Crippen LogP contribution >= 0.6 is 70.2 Å². The normalized spacial score (nSPS) is 18.4. The number of amides is 2. The van der Waals surface area contributed by atoms with Gasteiger partial charge in [-0.3, -0.25) is 20.4 Å². The average Bonchev–Trinajstić information content (AvgIpc) is 3.32. The Kier molecular flexibility index (Phi) is 8.56. The Bertz CT molecular complexity index is 1160. The molecular weight excluding hydrogens is 595 g/mol. The molecule has 0 aliphatic heterocycles. The van der Waals surface area contributed by atoms with Crippen LogP contribution in [-0.2, 0) is 4.79 Å². The van der Waals surface area contributed by atoms with Gasteiger partial charge < -0.3 is 10.6 Å². The molecule has 35 heavy (non-hydrogen) atoms. The Morgan fingerprint density at radius 1 is 1.00 bits per heavy atom. The summed E-state index contributed by atoms with van der Waals surface area (Å²) < 4.78 is 35.3. The van der Waals surface area contributed by atoms with Gasteiger partial charge in [0.15, 0.2) is 5.11 Å². The minimum Gasteiger partial charge on any atom is -0.352 e. The molecule has 2 amide bonds. The van der Waals surface area contributed by atoms with Crippen LogP contribution in [0, 0.1) is 5.92 Å². The molecule has 1 aliphatic rings. The molecule has 0 bridgehead atoms. The molecule has 1 fully saturated rings. The van der Waals surface area contributed by atoms with E-state index in [0.717, 1.165) is 0 Å². The van der Waals surface area contributed by atoms with E-state index in [-0.39, 0.29) is 16.3 Å². The lowest BCUT2D eigenvalue weighted by Crippen LogP contribution is -2.48. The third-order valence-electron chi connectivity index (χ3n) is 4.80. The van der Waals surface area contributed by atoms with Crippen molar-refractivity contribution < 1.29 is 22.8 Å². The molecule has 0 heterocycles. The van der Waals surface area contributed by atoms with Crippen molar-refractivity contribution in [3.8, 4) is 0 Å². The molecule has 3 rings (SSSR count). The molecule has 2 atom stereocenters. The Morgan fingerprint density at radius 2 is 1.63 bits per heavy atom.